The Kier molecular flexibility index (Phi) is 5.34. The first kappa shape index (κ1) is 14.5. The molecule has 1 aliphatic heterocycles. The number of halogens is 1. The fourth-order valence-corrected chi connectivity index (χ4v) is 3.33. The first-order valence-electron chi connectivity index (χ1n) is 6.79. The molecule has 1 heterocycles. The van der Waals surface area contributed by atoms with Crippen molar-refractivity contribution in [3.05, 3.63) is 29.6 Å². The summed E-state index contributed by atoms with van der Waals surface area (Å²) >= 11 is 0. The van der Waals surface area contributed by atoms with Crippen molar-refractivity contribution in [2.45, 2.75) is 19.9 Å². The van der Waals surface area contributed by atoms with E-state index in [-0.39, 0.29) is 5.82 Å². The minimum absolute atomic E-state index is 0.197. The minimum atomic E-state index is -0.684. The Morgan fingerprint density at radius 1 is 1.37 bits per heavy atom. The molecule has 0 spiro atoms. The van der Waals surface area contributed by atoms with Gasteiger partial charge in [-0.05, 0) is 36.7 Å². The molecule has 1 aromatic rings. The van der Waals surface area contributed by atoms with E-state index in [0.29, 0.717) is 18.1 Å². The maximum Gasteiger partial charge on any atom is 0.123 e. The molecule has 0 amide bonds. The van der Waals surface area contributed by atoms with Gasteiger partial charge in [0.25, 0.3) is 0 Å². The number of anilines is 1. The van der Waals surface area contributed by atoms with E-state index in [4.69, 9.17) is 0 Å². The predicted octanol–water partition coefficient (Wildman–Crippen LogP) is 1.89. The molecular formula is C14H21FN2OS. The molecule has 0 radical (unpaired) electrons. The molecule has 106 valence electrons. The SMILES string of the molecule is CCCNCc1cc(F)ccc1N1CCS(=O)CC1. The Morgan fingerprint density at radius 2 is 2.11 bits per heavy atom. The number of rotatable bonds is 5. The first-order chi connectivity index (χ1) is 9.20. The molecular weight excluding hydrogens is 263 g/mol. The van der Waals surface area contributed by atoms with Gasteiger partial charge in [0, 0.05) is 47.6 Å². The van der Waals surface area contributed by atoms with Gasteiger partial charge >= 0.3 is 0 Å². The molecule has 1 N–H and O–H groups in total. The van der Waals surface area contributed by atoms with Gasteiger partial charge < -0.3 is 10.2 Å². The fraction of sp³-hybridized carbons (Fsp3) is 0.571. The van der Waals surface area contributed by atoms with Crippen LogP contribution in [-0.2, 0) is 17.3 Å². The summed E-state index contributed by atoms with van der Waals surface area (Å²) in [6.07, 6.45) is 1.06. The summed E-state index contributed by atoms with van der Waals surface area (Å²) in [5, 5.41) is 3.31. The molecule has 0 aliphatic carbocycles. The lowest BCUT2D eigenvalue weighted by Gasteiger charge is -2.30. The molecule has 1 saturated heterocycles. The van der Waals surface area contributed by atoms with Crippen molar-refractivity contribution < 1.29 is 8.60 Å². The van der Waals surface area contributed by atoms with Gasteiger partial charge in [-0.3, -0.25) is 4.21 Å². The fourth-order valence-electron chi connectivity index (χ4n) is 2.28. The van der Waals surface area contributed by atoms with Gasteiger partial charge in [-0.2, -0.15) is 0 Å². The number of benzene rings is 1. The van der Waals surface area contributed by atoms with E-state index in [2.05, 4.69) is 17.1 Å². The molecule has 1 fully saturated rings. The Bertz CT molecular complexity index is 443. The summed E-state index contributed by atoms with van der Waals surface area (Å²) in [6.45, 7) is 5.30. The molecule has 0 saturated carbocycles. The molecule has 2 rings (SSSR count). The monoisotopic (exact) mass is 284 g/mol. The van der Waals surface area contributed by atoms with Crippen molar-refractivity contribution in [2.24, 2.45) is 0 Å². The molecule has 19 heavy (non-hydrogen) atoms. The number of nitrogens with zero attached hydrogens (tertiary/aromatic N) is 1. The van der Waals surface area contributed by atoms with Gasteiger partial charge in [0.05, 0.1) is 0 Å². The van der Waals surface area contributed by atoms with Crippen LogP contribution in [0.4, 0.5) is 10.1 Å². The van der Waals surface area contributed by atoms with Crippen molar-refractivity contribution in [3.63, 3.8) is 0 Å². The number of hydrogen-bond acceptors (Lipinski definition) is 3. The first-order valence-corrected chi connectivity index (χ1v) is 8.28. The van der Waals surface area contributed by atoms with Crippen molar-refractivity contribution in [1.82, 2.24) is 5.32 Å². The molecule has 0 unspecified atom stereocenters. The van der Waals surface area contributed by atoms with Gasteiger partial charge in [-0.15, -0.1) is 0 Å². The van der Waals surface area contributed by atoms with Crippen molar-refractivity contribution >= 4 is 16.5 Å². The van der Waals surface area contributed by atoms with Gasteiger partial charge in [0.15, 0.2) is 0 Å². The van der Waals surface area contributed by atoms with Crippen LogP contribution in [0.5, 0.6) is 0 Å². The van der Waals surface area contributed by atoms with Gasteiger partial charge in [0.2, 0.25) is 0 Å². The normalized spacial score (nSPS) is 16.8. The van der Waals surface area contributed by atoms with Crippen LogP contribution >= 0.6 is 0 Å². The third-order valence-electron chi connectivity index (χ3n) is 3.30. The smallest absolute Gasteiger partial charge is 0.123 e. The van der Waals surface area contributed by atoms with Crippen LogP contribution in [0.15, 0.2) is 18.2 Å². The van der Waals surface area contributed by atoms with E-state index < -0.39 is 10.8 Å². The number of nitrogens with one attached hydrogen (secondary N) is 1. The summed E-state index contributed by atoms with van der Waals surface area (Å²) in [5.41, 5.74) is 2.06. The van der Waals surface area contributed by atoms with Crippen molar-refractivity contribution in [1.29, 1.82) is 0 Å². The lowest BCUT2D eigenvalue weighted by atomic mass is 10.1. The zero-order valence-corrected chi connectivity index (χ0v) is 12.1. The van der Waals surface area contributed by atoms with Gasteiger partial charge in [-0.25, -0.2) is 4.39 Å². The van der Waals surface area contributed by atoms with E-state index >= 15 is 0 Å². The van der Waals surface area contributed by atoms with Crippen LogP contribution in [0.3, 0.4) is 0 Å². The molecule has 0 bridgehead atoms. The van der Waals surface area contributed by atoms with Gasteiger partial charge in [-0.1, -0.05) is 6.92 Å². The minimum Gasteiger partial charge on any atom is -0.369 e. The summed E-state index contributed by atoms with van der Waals surface area (Å²) < 4.78 is 24.8. The van der Waals surface area contributed by atoms with Crippen LogP contribution < -0.4 is 10.2 Å². The maximum absolute atomic E-state index is 13.4. The van der Waals surface area contributed by atoms with Crippen molar-refractivity contribution in [3.8, 4) is 0 Å². The van der Waals surface area contributed by atoms with Crippen LogP contribution in [0.2, 0.25) is 0 Å². The quantitative estimate of drug-likeness (QED) is 0.838. The van der Waals surface area contributed by atoms with E-state index in [1.54, 1.807) is 6.07 Å². The summed E-state index contributed by atoms with van der Waals surface area (Å²) in [4.78, 5) is 2.21. The van der Waals surface area contributed by atoms with E-state index in [0.717, 1.165) is 37.3 Å². The maximum atomic E-state index is 13.4. The summed E-state index contributed by atoms with van der Waals surface area (Å²) in [7, 11) is -0.684. The predicted molar refractivity (Wildman–Crippen MR) is 78.5 cm³/mol. The van der Waals surface area contributed by atoms with E-state index in [1.165, 1.54) is 6.07 Å². The highest BCUT2D eigenvalue weighted by atomic mass is 32.2. The largest absolute Gasteiger partial charge is 0.369 e. The highest BCUT2D eigenvalue weighted by molar-refractivity contribution is 7.85. The second kappa shape index (κ2) is 7.01. The van der Waals surface area contributed by atoms with Crippen LogP contribution in [0.1, 0.15) is 18.9 Å². The third kappa shape index (κ3) is 4.01. The third-order valence-corrected chi connectivity index (χ3v) is 4.58. The van der Waals surface area contributed by atoms with Crippen LogP contribution in [0, 0.1) is 5.82 Å². The molecule has 3 nitrogen and oxygen atoms in total. The van der Waals surface area contributed by atoms with Gasteiger partial charge in [0.1, 0.15) is 5.82 Å². The van der Waals surface area contributed by atoms with Crippen LogP contribution in [-0.4, -0.2) is 35.3 Å². The molecule has 0 aromatic heterocycles. The lowest BCUT2D eigenvalue weighted by molar-refractivity contribution is 0.617. The van der Waals surface area contributed by atoms with Crippen LogP contribution in [0.25, 0.3) is 0 Å². The molecule has 1 aliphatic rings. The van der Waals surface area contributed by atoms with Crippen molar-refractivity contribution in [2.75, 3.05) is 36.0 Å². The van der Waals surface area contributed by atoms with E-state index in [1.807, 2.05) is 6.07 Å². The molecule has 1 aromatic carbocycles. The van der Waals surface area contributed by atoms with E-state index in [9.17, 15) is 8.60 Å². The average Bonchev–Trinajstić information content (AvgIpc) is 2.41. The highest BCUT2D eigenvalue weighted by Gasteiger charge is 2.18. The average molecular weight is 284 g/mol. The Hall–Kier alpha value is -0.940. The Morgan fingerprint density at radius 3 is 2.79 bits per heavy atom. The highest BCUT2D eigenvalue weighted by Crippen LogP contribution is 2.23. The lowest BCUT2D eigenvalue weighted by Crippen LogP contribution is -2.38. The summed E-state index contributed by atoms with van der Waals surface area (Å²) in [5.74, 6) is 1.22. The standard InChI is InChI=1S/C14H21FN2OS/c1-2-5-16-11-12-10-13(15)3-4-14(12)17-6-8-19(18)9-7-17/h3-4,10,16H,2,5-9,11H2,1H3. The zero-order valence-electron chi connectivity index (χ0n) is 11.3. The summed E-state index contributed by atoms with van der Waals surface area (Å²) in [6, 6.07) is 4.94. The second-order valence-electron chi connectivity index (χ2n) is 4.78. The number of hydrogen-bond donors (Lipinski definition) is 1. The Labute approximate surface area is 116 Å². The topological polar surface area (TPSA) is 32.3 Å². The second-order valence-corrected chi connectivity index (χ2v) is 6.48. The Balaban J connectivity index is 2.11. The zero-order chi connectivity index (χ0) is 13.7. The molecule has 0 atom stereocenters. The molecule has 5 heteroatoms.